The molecule has 5 N–H and O–H groups in total. The van der Waals surface area contributed by atoms with Gasteiger partial charge in [-0.15, -0.1) is 0 Å². The number of rotatable bonds is 5. The number of nitrogen functional groups attached to an aromatic ring is 1. The molecule has 0 fully saturated rings. The molecular formula is C16H17N7O2. The molecule has 0 aliphatic carbocycles. The molecule has 0 aliphatic heterocycles. The van der Waals surface area contributed by atoms with E-state index < -0.39 is 5.56 Å². The van der Waals surface area contributed by atoms with E-state index in [1.807, 2.05) is 6.92 Å². The van der Waals surface area contributed by atoms with Crippen molar-refractivity contribution in [2.24, 2.45) is 0 Å². The van der Waals surface area contributed by atoms with Crippen molar-refractivity contribution < 1.29 is 4.79 Å². The first-order chi connectivity index (χ1) is 12.1. The van der Waals surface area contributed by atoms with Crippen molar-refractivity contribution in [3.05, 3.63) is 52.1 Å². The van der Waals surface area contributed by atoms with Crippen LogP contribution in [0.2, 0.25) is 0 Å². The zero-order valence-corrected chi connectivity index (χ0v) is 13.5. The highest BCUT2D eigenvalue weighted by molar-refractivity contribution is 5.94. The predicted octanol–water partition coefficient (Wildman–Crippen LogP) is 0.657. The summed E-state index contributed by atoms with van der Waals surface area (Å²) in [6, 6.07) is 7.07. The van der Waals surface area contributed by atoms with E-state index in [2.05, 4.69) is 30.6 Å². The van der Waals surface area contributed by atoms with Gasteiger partial charge in [0.15, 0.2) is 11.2 Å². The molecule has 0 radical (unpaired) electrons. The second kappa shape index (κ2) is 6.95. The van der Waals surface area contributed by atoms with E-state index in [0.717, 1.165) is 5.69 Å². The number of anilines is 2. The molecule has 2 heterocycles. The Morgan fingerprint density at radius 3 is 2.72 bits per heavy atom. The van der Waals surface area contributed by atoms with Crippen LogP contribution in [0.15, 0.2) is 35.3 Å². The van der Waals surface area contributed by atoms with Gasteiger partial charge < -0.3 is 16.4 Å². The van der Waals surface area contributed by atoms with Gasteiger partial charge in [0.25, 0.3) is 11.5 Å². The van der Waals surface area contributed by atoms with E-state index in [9.17, 15) is 9.59 Å². The number of hydrogen-bond acceptors (Lipinski definition) is 7. The van der Waals surface area contributed by atoms with Crippen LogP contribution >= 0.6 is 0 Å². The maximum Gasteiger partial charge on any atom is 0.280 e. The third-order valence-electron chi connectivity index (χ3n) is 3.44. The van der Waals surface area contributed by atoms with Gasteiger partial charge in [-0.05, 0) is 31.2 Å². The van der Waals surface area contributed by atoms with Gasteiger partial charge in [-0.25, -0.2) is 9.97 Å². The van der Waals surface area contributed by atoms with Crippen LogP contribution in [0.5, 0.6) is 0 Å². The Balaban J connectivity index is 1.72. The highest BCUT2D eigenvalue weighted by Crippen LogP contribution is 2.11. The molecule has 0 atom stereocenters. The lowest BCUT2D eigenvalue weighted by atomic mass is 10.2. The summed E-state index contributed by atoms with van der Waals surface area (Å²) >= 11 is 0. The first-order valence-electron chi connectivity index (χ1n) is 7.70. The molecule has 0 saturated heterocycles. The van der Waals surface area contributed by atoms with Gasteiger partial charge in [0.05, 0.1) is 18.4 Å². The zero-order chi connectivity index (χ0) is 17.8. The Morgan fingerprint density at radius 2 is 2.00 bits per heavy atom. The van der Waals surface area contributed by atoms with Crippen LogP contribution in [-0.4, -0.2) is 32.4 Å². The standard InChI is InChI=1S/C16H17N7O2/c1-2-18-14(24)9-3-5-10(6-4-9)19-7-11-8-20-13-12(21-11)15(25)23-16(17)22-13/h3-6,8,19H,2,7H2,1H3,(H,18,24)(H3,17,20,22,23,25). The number of nitrogens with one attached hydrogen (secondary N) is 3. The van der Waals surface area contributed by atoms with Gasteiger partial charge in [-0.2, -0.15) is 4.98 Å². The number of carbonyl (C=O) groups is 1. The van der Waals surface area contributed by atoms with Crippen LogP contribution in [0.25, 0.3) is 11.2 Å². The number of aromatic amines is 1. The number of aromatic nitrogens is 4. The average Bonchev–Trinajstić information content (AvgIpc) is 2.61. The van der Waals surface area contributed by atoms with E-state index in [1.54, 1.807) is 24.3 Å². The van der Waals surface area contributed by atoms with Gasteiger partial charge in [-0.3, -0.25) is 14.6 Å². The maximum absolute atomic E-state index is 11.8. The van der Waals surface area contributed by atoms with Crippen molar-refractivity contribution in [2.45, 2.75) is 13.5 Å². The number of benzene rings is 1. The van der Waals surface area contributed by atoms with Crippen LogP contribution in [0.4, 0.5) is 11.6 Å². The van der Waals surface area contributed by atoms with Crippen LogP contribution in [0.1, 0.15) is 23.0 Å². The van der Waals surface area contributed by atoms with Crippen LogP contribution in [0.3, 0.4) is 0 Å². The lowest BCUT2D eigenvalue weighted by Crippen LogP contribution is -2.22. The SMILES string of the molecule is CCNC(=O)c1ccc(NCc2cnc3nc(N)[nH]c(=O)c3n2)cc1. The Labute approximate surface area is 142 Å². The summed E-state index contributed by atoms with van der Waals surface area (Å²) in [5, 5.41) is 5.90. The minimum atomic E-state index is -0.428. The fourth-order valence-electron chi connectivity index (χ4n) is 2.25. The summed E-state index contributed by atoms with van der Waals surface area (Å²) < 4.78 is 0. The highest BCUT2D eigenvalue weighted by atomic mass is 16.1. The molecule has 0 aliphatic rings. The van der Waals surface area contributed by atoms with Crippen LogP contribution < -0.4 is 21.9 Å². The van der Waals surface area contributed by atoms with Crippen molar-refractivity contribution >= 4 is 28.7 Å². The summed E-state index contributed by atoms with van der Waals surface area (Å²) in [6.07, 6.45) is 1.53. The predicted molar refractivity (Wildman–Crippen MR) is 94.1 cm³/mol. The molecule has 0 saturated carbocycles. The number of hydrogen-bond donors (Lipinski definition) is 4. The van der Waals surface area contributed by atoms with Crippen molar-refractivity contribution in [3.8, 4) is 0 Å². The largest absolute Gasteiger partial charge is 0.379 e. The molecule has 2 aromatic heterocycles. The van der Waals surface area contributed by atoms with Gasteiger partial charge in [0.1, 0.15) is 0 Å². The molecule has 0 spiro atoms. The van der Waals surface area contributed by atoms with Crippen molar-refractivity contribution in [1.29, 1.82) is 0 Å². The minimum Gasteiger partial charge on any atom is -0.379 e. The van der Waals surface area contributed by atoms with E-state index in [1.165, 1.54) is 6.20 Å². The first kappa shape index (κ1) is 16.4. The normalized spacial score (nSPS) is 10.6. The van der Waals surface area contributed by atoms with Crippen molar-refractivity contribution in [3.63, 3.8) is 0 Å². The molecule has 3 aromatic rings. The zero-order valence-electron chi connectivity index (χ0n) is 13.5. The summed E-state index contributed by atoms with van der Waals surface area (Å²) in [5.74, 6) is -0.106. The van der Waals surface area contributed by atoms with Gasteiger partial charge in [0, 0.05) is 17.8 Å². The van der Waals surface area contributed by atoms with Crippen LogP contribution in [-0.2, 0) is 6.54 Å². The second-order valence-corrected chi connectivity index (χ2v) is 5.28. The Morgan fingerprint density at radius 1 is 1.24 bits per heavy atom. The van der Waals surface area contributed by atoms with E-state index in [-0.39, 0.29) is 23.0 Å². The monoisotopic (exact) mass is 339 g/mol. The van der Waals surface area contributed by atoms with E-state index in [0.29, 0.717) is 24.3 Å². The average molecular weight is 339 g/mol. The number of nitrogens with zero attached hydrogens (tertiary/aromatic N) is 3. The minimum absolute atomic E-state index is 0.00451. The van der Waals surface area contributed by atoms with Crippen molar-refractivity contribution in [2.75, 3.05) is 17.6 Å². The molecule has 1 amide bonds. The molecule has 9 nitrogen and oxygen atoms in total. The first-order valence-corrected chi connectivity index (χ1v) is 7.70. The highest BCUT2D eigenvalue weighted by Gasteiger charge is 2.07. The quantitative estimate of drug-likeness (QED) is 0.535. The number of fused-ring (bicyclic) bond motifs is 1. The Hall–Kier alpha value is -3.49. The molecule has 9 heteroatoms. The molecule has 1 aromatic carbocycles. The lowest BCUT2D eigenvalue weighted by molar-refractivity contribution is 0.0956. The summed E-state index contributed by atoms with van der Waals surface area (Å²) in [5.41, 5.74) is 7.38. The number of nitrogens with two attached hydrogens (primary N) is 1. The fourth-order valence-corrected chi connectivity index (χ4v) is 2.25. The van der Waals surface area contributed by atoms with Gasteiger partial charge in [-0.1, -0.05) is 0 Å². The topological polar surface area (TPSA) is 139 Å². The van der Waals surface area contributed by atoms with Gasteiger partial charge >= 0.3 is 0 Å². The Bertz CT molecular complexity index is 966. The molecular weight excluding hydrogens is 322 g/mol. The smallest absolute Gasteiger partial charge is 0.280 e. The van der Waals surface area contributed by atoms with E-state index in [4.69, 9.17) is 5.73 Å². The fraction of sp³-hybridized carbons (Fsp3) is 0.188. The van der Waals surface area contributed by atoms with Crippen LogP contribution in [0, 0.1) is 0 Å². The number of amides is 1. The molecule has 128 valence electrons. The van der Waals surface area contributed by atoms with Gasteiger partial charge in [0.2, 0.25) is 5.95 Å². The third-order valence-corrected chi connectivity index (χ3v) is 3.44. The third kappa shape index (κ3) is 3.71. The number of H-pyrrole nitrogens is 1. The molecule has 0 bridgehead atoms. The maximum atomic E-state index is 11.8. The Kier molecular flexibility index (Phi) is 4.55. The van der Waals surface area contributed by atoms with Crippen molar-refractivity contribution in [1.82, 2.24) is 25.3 Å². The summed E-state index contributed by atoms with van der Waals surface area (Å²) in [7, 11) is 0. The summed E-state index contributed by atoms with van der Waals surface area (Å²) in [6.45, 7) is 2.82. The van der Waals surface area contributed by atoms with E-state index >= 15 is 0 Å². The molecule has 3 rings (SSSR count). The molecule has 0 unspecified atom stereocenters. The summed E-state index contributed by atoms with van der Waals surface area (Å²) in [4.78, 5) is 38.2. The second-order valence-electron chi connectivity index (χ2n) is 5.28. The number of carbonyl (C=O) groups excluding carboxylic acids is 1. The molecule has 25 heavy (non-hydrogen) atoms. The lowest BCUT2D eigenvalue weighted by Gasteiger charge is -2.07.